The third-order valence-electron chi connectivity index (χ3n) is 4.77. The Labute approximate surface area is 134 Å². The van der Waals surface area contributed by atoms with E-state index in [1.54, 1.807) is 4.90 Å². The summed E-state index contributed by atoms with van der Waals surface area (Å²) in [5, 5.41) is 9.17. The van der Waals surface area contributed by atoms with Crippen LogP contribution in [-0.4, -0.2) is 47.4 Å². The van der Waals surface area contributed by atoms with Gasteiger partial charge >= 0.3 is 5.97 Å². The highest BCUT2D eigenvalue weighted by atomic mass is 16.4. The summed E-state index contributed by atoms with van der Waals surface area (Å²) in [7, 11) is 0. The molecule has 1 saturated heterocycles. The summed E-state index contributed by atoms with van der Waals surface area (Å²) in [6.07, 6.45) is 1.10. The molecule has 2 heterocycles. The van der Waals surface area contributed by atoms with E-state index < -0.39 is 11.9 Å². The van der Waals surface area contributed by atoms with Gasteiger partial charge in [-0.2, -0.15) is 0 Å². The van der Waals surface area contributed by atoms with Gasteiger partial charge in [0.25, 0.3) is 0 Å². The molecule has 0 unspecified atom stereocenters. The Kier molecular flexibility index (Phi) is 4.07. The van der Waals surface area contributed by atoms with Crippen LogP contribution in [0.3, 0.4) is 0 Å². The molecular formula is C17H20N2O4. The van der Waals surface area contributed by atoms with Crippen molar-refractivity contribution in [3.05, 3.63) is 29.8 Å². The maximum absolute atomic E-state index is 12.5. The molecule has 0 aliphatic carbocycles. The van der Waals surface area contributed by atoms with E-state index >= 15 is 0 Å². The van der Waals surface area contributed by atoms with E-state index in [0.29, 0.717) is 19.4 Å². The Morgan fingerprint density at radius 2 is 1.96 bits per heavy atom. The van der Waals surface area contributed by atoms with E-state index in [9.17, 15) is 19.5 Å². The van der Waals surface area contributed by atoms with Crippen molar-refractivity contribution in [1.29, 1.82) is 0 Å². The Morgan fingerprint density at radius 1 is 1.22 bits per heavy atom. The number of para-hydroxylation sites is 1. The Hall–Kier alpha value is -2.37. The summed E-state index contributed by atoms with van der Waals surface area (Å²) in [5.41, 5.74) is 1.86. The average Bonchev–Trinajstić information content (AvgIpc) is 2.92. The van der Waals surface area contributed by atoms with Crippen LogP contribution in [0.1, 0.15) is 18.9 Å². The summed E-state index contributed by atoms with van der Waals surface area (Å²) in [6.45, 7) is 2.47. The molecule has 1 N–H and O–H groups in total. The van der Waals surface area contributed by atoms with E-state index in [0.717, 1.165) is 11.3 Å². The zero-order valence-corrected chi connectivity index (χ0v) is 13.1. The molecule has 2 aliphatic heterocycles. The van der Waals surface area contributed by atoms with Crippen LogP contribution in [0.4, 0.5) is 5.69 Å². The average molecular weight is 316 g/mol. The SMILES string of the molecule is C[C@@H]1CN(C(=O)CN2C(=O)CCc3ccccc32)C[C@H]1C(=O)O. The number of rotatable bonds is 3. The van der Waals surface area contributed by atoms with Crippen LogP contribution >= 0.6 is 0 Å². The topological polar surface area (TPSA) is 77.9 Å². The van der Waals surface area contributed by atoms with Crippen molar-refractivity contribution >= 4 is 23.5 Å². The van der Waals surface area contributed by atoms with Crippen LogP contribution in [0.15, 0.2) is 24.3 Å². The first kappa shape index (κ1) is 15.5. The molecule has 122 valence electrons. The first-order valence-electron chi connectivity index (χ1n) is 7.86. The van der Waals surface area contributed by atoms with Crippen LogP contribution < -0.4 is 4.90 Å². The number of hydrogen-bond acceptors (Lipinski definition) is 3. The number of benzene rings is 1. The minimum atomic E-state index is -0.868. The summed E-state index contributed by atoms with van der Waals surface area (Å²) >= 11 is 0. The van der Waals surface area contributed by atoms with Gasteiger partial charge in [0, 0.05) is 25.2 Å². The van der Waals surface area contributed by atoms with Crippen LogP contribution in [0.2, 0.25) is 0 Å². The molecule has 1 aromatic carbocycles. The number of fused-ring (bicyclic) bond motifs is 1. The van der Waals surface area contributed by atoms with Gasteiger partial charge in [0.15, 0.2) is 0 Å². The zero-order valence-electron chi connectivity index (χ0n) is 13.1. The second-order valence-corrected chi connectivity index (χ2v) is 6.33. The van der Waals surface area contributed by atoms with Gasteiger partial charge in [0.05, 0.1) is 5.92 Å². The van der Waals surface area contributed by atoms with E-state index in [1.165, 1.54) is 4.90 Å². The Balaban J connectivity index is 1.73. The van der Waals surface area contributed by atoms with Crippen molar-refractivity contribution in [1.82, 2.24) is 4.90 Å². The molecule has 3 rings (SSSR count). The van der Waals surface area contributed by atoms with Crippen molar-refractivity contribution in [3.63, 3.8) is 0 Å². The number of carbonyl (C=O) groups excluding carboxylic acids is 2. The lowest BCUT2D eigenvalue weighted by Gasteiger charge is -2.30. The molecule has 2 aliphatic rings. The number of amides is 2. The molecule has 1 aromatic rings. The van der Waals surface area contributed by atoms with Gasteiger partial charge in [-0.25, -0.2) is 0 Å². The number of anilines is 1. The second-order valence-electron chi connectivity index (χ2n) is 6.33. The molecule has 1 fully saturated rings. The van der Waals surface area contributed by atoms with E-state index in [-0.39, 0.29) is 30.8 Å². The molecule has 2 atom stereocenters. The van der Waals surface area contributed by atoms with Gasteiger partial charge in [-0.05, 0) is 24.0 Å². The van der Waals surface area contributed by atoms with Crippen molar-refractivity contribution in [2.45, 2.75) is 19.8 Å². The monoisotopic (exact) mass is 316 g/mol. The van der Waals surface area contributed by atoms with Gasteiger partial charge in [0.1, 0.15) is 6.54 Å². The fourth-order valence-electron chi connectivity index (χ4n) is 3.40. The summed E-state index contributed by atoms with van der Waals surface area (Å²) in [5.74, 6) is -1.71. The minimum Gasteiger partial charge on any atom is -0.481 e. The predicted molar refractivity (Wildman–Crippen MR) is 84.0 cm³/mol. The standard InChI is InChI=1S/C17H20N2O4/c1-11-8-18(9-13(11)17(22)23)16(21)10-19-14-5-3-2-4-12(14)6-7-15(19)20/h2-5,11,13H,6-10H2,1H3,(H,22,23)/t11-,13-/m1/s1. The van der Waals surface area contributed by atoms with E-state index in [1.807, 2.05) is 31.2 Å². The van der Waals surface area contributed by atoms with Gasteiger partial charge < -0.3 is 14.9 Å². The summed E-state index contributed by atoms with van der Waals surface area (Å²) < 4.78 is 0. The molecule has 0 aromatic heterocycles. The maximum Gasteiger partial charge on any atom is 0.308 e. The van der Waals surface area contributed by atoms with Crippen molar-refractivity contribution in [2.24, 2.45) is 11.8 Å². The number of likely N-dealkylation sites (tertiary alicyclic amines) is 1. The third kappa shape index (κ3) is 2.93. The molecule has 23 heavy (non-hydrogen) atoms. The molecular weight excluding hydrogens is 296 g/mol. The number of aryl methyl sites for hydroxylation is 1. The minimum absolute atomic E-state index is 0.0189. The first-order chi connectivity index (χ1) is 11.0. The van der Waals surface area contributed by atoms with E-state index in [2.05, 4.69) is 0 Å². The quantitative estimate of drug-likeness (QED) is 0.907. The molecule has 6 heteroatoms. The number of hydrogen-bond donors (Lipinski definition) is 1. The Morgan fingerprint density at radius 3 is 2.65 bits per heavy atom. The largest absolute Gasteiger partial charge is 0.481 e. The van der Waals surface area contributed by atoms with Gasteiger partial charge in [-0.1, -0.05) is 25.1 Å². The first-order valence-corrected chi connectivity index (χ1v) is 7.86. The Bertz CT molecular complexity index is 658. The van der Waals surface area contributed by atoms with Crippen LogP contribution in [0.5, 0.6) is 0 Å². The smallest absolute Gasteiger partial charge is 0.308 e. The number of aliphatic carboxylic acids is 1. The second kappa shape index (κ2) is 6.02. The van der Waals surface area contributed by atoms with Crippen molar-refractivity contribution in [3.8, 4) is 0 Å². The number of carboxylic acids is 1. The van der Waals surface area contributed by atoms with E-state index in [4.69, 9.17) is 0 Å². The zero-order chi connectivity index (χ0) is 16.6. The molecule has 0 radical (unpaired) electrons. The van der Waals surface area contributed by atoms with Gasteiger partial charge in [-0.3, -0.25) is 14.4 Å². The summed E-state index contributed by atoms with van der Waals surface area (Å²) in [6, 6.07) is 7.60. The van der Waals surface area contributed by atoms with Crippen LogP contribution in [-0.2, 0) is 20.8 Å². The highest BCUT2D eigenvalue weighted by Gasteiger charge is 2.38. The molecule has 6 nitrogen and oxygen atoms in total. The molecule has 0 saturated carbocycles. The maximum atomic E-state index is 12.5. The van der Waals surface area contributed by atoms with Gasteiger partial charge in [0.2, 0.25) is 11.8 Å². The van der Waals surface area contributed by atoms with Crippen LogP contribution in [0, 0.1) is 11.8 Å². The number of carboxylic acid groups (broad SMARTS) is 1. The predicted octanol–water partition coefficient (Wildman–Crippen LogP) is 1.14. The lowest BCUT2D eigenvalue weighted by molar-refractivity contribution is -0.142. The fraction of sp³-hybridized carbons (Fsp3) is 0.471. The fourth-order valence-corrected chi connectivity index (χ4v) is 3.40. The van der Waals surface area contributed by atoms with Crippen LogP contribution in [0.25, 0.3) is 0 Å². The molecule has 2 amide bonds. The normalized spacial score (nSPS) is 23.8. The lowest BCUT2D eigenvalue weighted by Crippen LogP contribution is -2.44. The van der Waals surface area contributed by atoms with Crippen molar-refractivity contribution < 1.29 is 19.5 Å². The molecule has 0 bridgehead atoms. The highest BCUT2D eigenvalue weighted by Crippen LogP contribution is 2.28. The molecule has 0 spiro atoms. The van der Waals surface area contributed by atoms with Crippen molar-refractivity contribution in [2.75, 3.05) is 24.5 Å². The highest BCUT2D eigenvalue weighted by molar-refractivity contribution is 6.01. The lowest BCUT2D eigenvalue weighted by atomic mass is 9.99. The number of nitrogens with zero attached hydrogens (tertiary/aromatic N) is 2. The third-order valence-corrected chi connectivity index (χ3v) is 4.77. The summed E-state index contributed by atoms with van der Waals surface area (Å²) in [4.78, 5) is 39.0. The van der Waals surface area contributed by atoms with Gasteiger partial charge in [-0.15, -0.1) is 0 Å². The number of carbonyl (C=O) groups is 3.